The summed E-state index contributed by atoms with van der Waals surface area (Å²) in [6.45, 7) is 3.74. The summed E-state index contributed by atoms with van der Waals surface area (Å²) in [4.78, 5) is 24.8. The SMILES string of the molecule is CCCCSC(=S)SCC(CC(CC(CC(CC(CC(C(=O)O)C(C)C(=O)O)c1ccccc1)c1ccccc1)c1ccccc1)c1ccccc1)c1ccccc1. The third-order valence-electron chi connectivity index (χ3n) is 11.6. The van der Waals surface area contributed by atoms with Gasteiger partial charge < -0.3 is 10.2 Å². The van der Waals surface area contributed by atoms with Crippen molar-refractivity contribution in [3.8, 4) is 0 Å². The number of rotatable bonds is 23. The Morgan fingerprint density at radius 3 is 1.16 bits per heavy atom. The molecule has 5 aromatic rings. The molecule has 0 aromatic heterocycles. The number of hydrogen-bond acceptors (Lipinski definition) is 5. The highest BCUT2D eigenvalue weighted by Gasteiger charge is 2.35. The maximum Gasteiger partial charge on any atom is 0.307 e. The largest absolute Gasteiger partial charge is 0.481 e. The minimum absolute atomic E-state index is 0.0839. The number of hydrogen-bond donors (Lipinski definition) is 2. The molecule has 0 radical (unpaired) electrons. The molecule has 0 amide bonds. The second kappa shape index (κ2) is 24.0. The second-order valence-corrected chi connectivity index (χ2v) is 18.9. The van der Waals surface area contributed by atoms with Gasteiger partial charge >= 0.3 is 11.9 Å². The average molecular weight is 831 g/mol. The molecular formula is C51H58O4S3. The molecular weight excluding hydrogens is 773 g/mol. The summed E-state index contributed by atoms with van der Waals surface area (Å²) in [5, 5.41) is 20.3. The van der Waals surface area contributed by atoms with Crippen molar-refractivity contribution in [2.45, 2.75) is 88.4 Å². The fourth-order valence-corrected chi connectivity index (χ4v) is 10.8. The summed E-state index contributed by atoms with van der Waals surface area (Å²) in [6.07, 6.45) is 6.04. The maximum atomic E-state index is 12.6. The molecule has 7 heteroatoms. The van der Waals surface area contributed by atoms with E-state index in [1.165, 1.54) is 42.0 Å². The van der Waals surface area contributed by atoms with Gasteiger partial charge in [-0.05, 0) is 102 Å². The number of aliphatic carboxylic acids is 2. The molecule has 0 saturated heterocycles. The summed E-state index contributed by atoms with van der Waals surface area (Å²) in [7, 11) is 0. The summed E-state index contributed by atoms with van der Waals surface area (Å²) in [6, 6.07) is 53.4. The van der Waals surface area contributed by atoms with Crippen molar-refractivity contribution in [3.05, 3.63) is 179 Å². The first-order valence-corrected chi connectivity index (χ1v) is 23.1. The van der Waals surface area contributed by atoms with Crippen molar-refractivity contribution in [2.24, 2.45) is 11.8 Å². The van der Waals surface area contributed by atoms with Gasteiger partial charge in [-0.25, -0.2) is 0 Å². The molecule has 0 heterocycles. The van der Waals surface area contributed by atoms with E-state index in [2.05, 4.69) is 134 Å². The number of thioether (sulfide) groups is 2. The molecule has 0 fully saturated rings. The van der Waals surface area contributed by atoms with E-state index in [0.29, 0.717) is 12.3 Å². The van der Waals surface area contributed by atoms with E-state index < -0.39 is 23.8 Å². The molecule has 4 nitrogen and oxygen atoms in total. The van der Waals surface area contributed by atoms with E-state index in [9.17, 15) is 19.8 Å². The van der Waals surface area contributed by atoms with Gasteiger partial charge in [-0.2, -0.15) is 0 Å². The average Bonchev–Trinajstić information content (AvgIpc) is 3.26. The Kier molecular flexibility index (Phi) is 18.6. The highest BCUT2D eigenvalue weighted by atomic mass is 32.2. The van der Waals surface area contributed by atoms with Gasteiger partial charge in [0.15, 0.2) is 0 Å². The van der Waals surface area contributed by atoms with Gasteiger partial charge in [0.05, 0.1) is 11.8 Å². The van der Waals surface area contributed by atoms with Gasteiger partial charge in [0, 0.05) is 5.75 Å². The third-order valence-corrected chi connectivity index (χ3v) is 14.5. The number of carbonyl (C=O) groups is 2. The van der Waals surface area contributed by atoms with Crippen LogP contribution in [-0.2, 0) is 9.59 Å². The predicted octanol–water partition coefficient (Wildman–Crippen LogP) is 13.8. The highest BCUT2D eigenvalue weighted by Crippen LogP contribution is 2.45. The molecule has 58 heavy (non-hydrogen) atoms. The Labute approximate surface area is 360 Å². The molecule has 0 aliphatic rings. The first-order valence-electron chi connectivity index (χ1n) is 20.7. The Bertz CT molecular complexity index is 1940. The van der Waals surface area contributed by atoms with E-state index in [4.69, 9.17) is 12.2 Å². The second-order valence-electron chi connectivity index (χ2n) is 15.6. The smallest absolute Gasteiger partial charge is 0.307 e. The molecule has 5 aromatic carbocycles. The summed E-state index contributed by atoms with van der Waals surface area (Å²) in [5.41, 5.74) is 6.22. The zero-order valence-corrected chi connectivity index (χ0v) is 36.2. The van der Waals surface area contributed by atoms with Gasteiger partial charge in [0.1, 0.15) is 3.53 Å². The van der Waals surface area contributed by atoms with Gasteiger partial charge in [0.2, 0.25) is 0 Å². The van der Waals surface area contributed by atoms with Crippen LogP contribution in [0, 0.1) is 11.8 Å². The standard InChI is InChI=1S/C51H58O4S3/c1-3-4-30-57-51(56)58-36-47(42-28-18-9-19-29-42)34-45(40-24-14-7-15-25-40)32-43(38-20-10-5-11-21-38)31-44(39-22-12-6-13-23-39)33-46(41-26-16-8-17-27-41)35-48(50(54)55)37(2)49(52)53/h5-29,37,43-48H,3-4,30-36H2,1-2H3,(H,52,53)(H,54,55). The molecule has 0 spiro atoms. The molecule has 0 saturated carbocycles. The minimum atomic E-state index is -1.08. The van der Waals surface area contributed by atoms with Crippen LogP contribution in [0.2, 0.25) is 0 Å². The lowest BCUT2D eigenvalue weighted by atomic mass is 9.72. The maximum absolute atomic E-state index is 12.6. The molecule has 0 aliphatic heterocycles. The van der Waals surface area contributed by atoms with Crippen LogP contribution >= 0.6 is 35.7 Å². The Morgan fingerprint density at radius 1 is 0.500 bits per heavy atom. The van der Waals surface area contributed by atoms with E-state index >= 15 is 0 Å². The van der Waals surface area contributed by atoms with Crippen molar-refractivity contribution >= 4 is 51.2 Å². The van der Waals surface area contributed by atoms with Crippen molar-refractivity contribution < 1.29 is 19.8 Å². The first kappa shape index (κ1) is 44.9. The van der Waals surface area contributed by atoms with E-state index in [0.717, 1.165) is 39.9 Å². The van der Waals surface area contributed by atoms with Gasteiger partial charge in [-0.15, -0.1) is 23.5 Å². The topological polar surface area (TPSA) is 74.6 Å². The van der Waals surface area contributed by atoms with Crippen molar-refractivity contribution in [2.75, 3.05) is 11.5 Å². The minimum Gasteiger partial charge on any atom is -0.481 e. The van der Waals surface area contributed by atoms with Crippen LogP contribution in [0.25, 0.3) is 0 Å². The lowest BCUT2D eigenvalue weighted by Crippen LogP contribution is -2.29. The Morgan fingerprint density at radius 2 is 0.828 bits per heavy atom. The normalized spacial score (nSPS) is 15.0. The van der Waals surface area contributed by atoms with Crippen LogP contribution in [0.3, 0.4) is 0 Å². The number of unbranched alkanes of at least 4 members (excludes halogenated alkanes) is 1. The number of thiocarbonyl (C=S) groups is 1. The zero-order chi connectivity index (χ0) is 41.1. The lowest BCUT2D eigenvalue weighted by Gasteiger charge is -2.33. The fourth-order valence-electron chi connectivity index (χ4n) is 8.28. The van der Waals surface area contributed by atoms with Crippen LogP contribution in [0.15, 0.2) is 152 Å². The van der Waals surface area contributed by atoms with Gasteiger partial charge in [-0.1, -0.05) is 184 Å². The molecule has 0 bridgehead atoms. The van der Waals surface area contributed by atoms with E-state index in [-0.39, 0.29) is 30.1 Å². The lowest BCUT2D eigenvalue weighted by molar-refractivity contribution is -0.153. The molecule has 304 valence electrons. The molecule has 0 aliphatic carbocycles. The van der Waals surface area contributed by atoms with Crippen LogP contribution in [0.4, 0.5) is 0 Å². The summed E-state index contributed by atoms with van der Waals surface area (Å²) >= 11 is 9.50. The van der Waals surface area contributed by atoms with Crippen LogP contribution < -0.4 is 0 Å². The van der Waals surface area contributed by atoms with Gasteiger partial charge in [0.25, 0.3) is 0 Å². The number of carboxylic acid groups (broad SMARTS) is 2. The molecule has 7 unspecified atom stereocenters. The first-order chi connectivity index (χ1) is 28.2. The molecule has 2 N–H and O–H groups in total. The Hall–Kier alpha value is -4.17. The van der Waals surface area contributed by atoms with Crippen molar-refractivity contribution in [3.63, 3.8) is 0 Å². The quantitative estimate of drug-likeness (QED) is 0.0502. The summed E-state index contributed by atoms with van der Waals surface area (Å²) in [5.74, 6) is -1.52. The van der Waals surface area contributed by atoms with Crippen LogP contribution in [0.5, 0.6) is 0 Å². The summed E-state index contributed by atoms with van der Waals surface area (Å²) < 4.78 is 1.02. The van der Waals surface area contributed by atoms with Crippen molar-refractivity contribution in [1.82, 2.24) is 0 Å². The molecule has 5 rings (SSSR count). The van der Waals surface area contributed by atoms with E-state index in [1.54, 1.807) is 0 Å². The molecule has 7 atom stereocenters. The predicted molar refractivity (Wildman–Crippen MR) is 249 cm³/mol. The Balaban J connectivity index is 1.52. The number of carboxylic acids is 2. The third kappa shape index (κ3) is 14.0. The van der Waals surface area contributed by atoms with Gasteiger partial charge in [-0.3, -0.25) is 9.59 Å². The van der Waals surface area contributed by atoms with Crippen LogP contribution in [0.1, 0.15) is 116 Å². The van der Waals surface area contributed by atoms with Crippen molar-refractivity contribution in [1.29, 1.82) is 0 Å². The van der Waals surface area contributed by atoms with Crippen LogP contribution in [-0.4, -0.2) is 37.2 Å². The number of benzene rings is 5. The zero-order valence-electron chi connectivity index (χ0n) is 33.8. The van der Waals surface area contributed by atoms with E-state index in [1.807, 2.05) is 47.8 Å². The monoisotopic (exact) mass is 830 g/mol. The highest BCUT2D eigenvalue weighted by molar-refractivity contribution is 8.47. The fraction of sp³-hybridized carbons (Fsp3) is 0.353.